The minimum absolute atomic E-state index is 0.0373. The van der Waals surface area contributed by atoms with Gasteiger partial charge < -0.3 is 15.5 Å². The number of hydrogen-bond donors (Lipinski definition) is 1. The van der Waals surface area contributed by atoms with Gasteiger partial charge in [-0.25, -0.2) is 10.0 Å². The average molecular weight is 504 g/mol. The number of fused-ring (bicyclic) bond motifs is 1. The Morgan fingerprint density at radius 1 is 0.973 bits per heavy atom. The normalized spacial score (nSPS) is 20.1. The Balaban J connectivity index is 1.65. The van der Waals surface area contributed by atoms with E-state index in [9.17, 15) is 19.2 Å². The summed E-state index contributed by atoms with van der Waals surface area (Å²) < 4.78 is 0. The standard InChI is InChI=1S/C28H33N5O4/c1-2-17-31-20-27(36)32-23(14-15-24(29)34)28(37)30(18-22-11-7-4-8-12-22)19-25(32)33(31)26(35)16-13-21-9-5-3-6-10-21/h2-12,23,25H,1,13-20H2,(H2,29,34)/t23-,25-/m0/s1. The quantitative estimate of drug-likeness (QED) is 0.497. The van der Waals surface area contributed by atoms with E-state index in [-0.39, 0.29) is 50.1 Å². The molecule has 2 heterocycles. The number of nitrogens with two attached hydrogens (primary N) is 1. The predicted octanol–water partition coefficient (Wildman–Crippen LogP) is 1.70. The Bertz CT molecular complexity index is 1140. The predicted molar refractivity (Wildman–Crippen MR) is 138 cm³/mol. The molecule has 9 nitrogen and oxygen atoms in total. The molecule has 2 saturated heterocycles. The van der Waals surface area contributed by atoms with Crippen LogP contribution in [0.2, 0.25) is 0 Å². The molecule has 0 unspecified atom stereocenters. The Hall–Kier alpha value is -3.98. The average Bonchev–Trinajstić information content (AvgIpc) is 2.89. The van der Waals surface area contributed by atoms with E-state index >= 15 is 0 Å². The summed E-state index contributed by atoms with van der Waals surface area (Å²) in [6.07, 6.45) is 1.83. The molecule has 2 aromatic rings. The van der Waals surface area contributed by atoms with Gasteiger partial charge in [-0.15, -0.1) is 6.58 Å². The maximum absolute atomic E-state index is 13.7. The van der Waals surface area contributed by atoms with E-state index in [2.05, 4.69) is 6.58 Å². The third-order valence-corrected chi connectivity index (χ3v) is 6.78. The molecule has 2 aliphatic heterocycles. The number of nitrogens with zero attached hydrogens (tertiary/aromatic N) is 4. The number of rotatable bonds is 10. The first-order valence-corrected chi connectivity index (χ1v) is 12.5. The van der Waals surface area contributed by atoms with Crippen LogP contribution in [-0.4, -0.2) is 75.3 Å². The summed E-state index contributed by atoms with van der Waals surface area (Å²) in [5.41, 5.74) is 7.37. The maximum atomic E-state index is 13.7. The number of benzene rings is 2. The van der Waals surface area contributed by atoms with E-state index in [0.29, 0.717) is 19.5 Å². The molecular formula is C28H33N5O4. The minimum Gasteiger partial charge on any atom is -0.370 e. The van der Waals surface area contributed by atoms with Gasteiger partial charge in [0.05, 0.1) is 13.1 Å². The monoisotopic (exact) mass is 503 g/mol. The van der Waals surface area contributed by atoms with Crippen LogP contribution in [0.1, 0.15) is 30.4 Å². The van der Waals surface area contributed by atoms with Crippen molar-refractivity contribution in [3.05, 3.63) is 84.4 Å². The molecule has 0 saturated carbocycles. The van der Waals surface area contributed by atoms with Crippen molar-refractivity contribution >= 4 is 23.6 Å². The molecule has 2 atom stereocenters. The summed E-state index contributed by atoms with van der Waals surface area (Å²) in [7, 11) is 0. The van der Waals surface area contributed by atoms with Crippen LogP contribution in [0, 0.1) is 0 Å². The van der Waals surface area contributed by atoms with Crippen LogP contribution >= 0.6 is 0 Å². The fourth-order valence-corrected chi connectivity index (χ4v) is 5.07. The molecule has 194 valence electrons. The lowest BCUT2D eigenvalue weighted by molar-refractivity contribution is -0.205. The Labute approximate surface area is 217 Å². The molecule has 2 aliphatic rings. The summed E-state index contributed by atoms with van der Waals surface area (Å²) >= 11 is 0. The van der Waals surface area contributed by atoms with E-state index in [1.54, 1.807) is 21.0 Å². The summed E-state index contributed by atoms with van der Waals surface area (Å²) in [5, 5.41) is 3.32. The number of piperazine rings is 1. The van der Waals surface area contributed by atoms with Gasteiger partial charge in [-0.2, -0.15) is 0 Å². The van der Waals surface area contributed by atoms with Gasteiger partial charge in [0.15, 0.2) is 0 Å². The van der Waals surface area contributed by atoms with Gasteiger partial charge in [-0.3, -0.25) is 19.2 Å². The SMILES string of the molecule is C=CCN1CC(=O)N2[C@@H](CCC(N)=O)C(=O)N(Cc3ccccc3)C[C@@H]2N1C(=O)CCc1ccccc1. The highest BCUT2D eigenvalue weighted by atomic mass is 16.2. The smallest absolute Gasteiger partial charge is 0.245 e. The van der Waals surface area contributed by atoms with Crippen molar-refractivity contribution in [3.63, 3.8) is 0 Å². The molecule has 4 rings (SSSR count). The Morgan fingerprint density at radius 2 is 1.62 bits per heavy atom. The molecule has 0 aliphatic carbocycles. The molecule has 9 heteroatoms. The van der Waals surface area contributed by atoms with Crippen molar-refractivity contribution in [1.82, 2.24) is 19.8 Å². The van der Waals surface area contributed by atoms with Crippen LogP contribution in [0.15, 0.2) is 73.3 Å². The second kappa shape index (κ2) is 11.8. The van der Waals surface area contributed by atoms with Gasteiger partial charge in [0, 0.05) is 25.9 Å². The molecular weight excluding hydrogens is 470 g/mol. The lowest BCUT2D eigenvalue weighted by Gasteiger charge is -2.55. The maximum Gasteiger partial charge on any atom is 0.245 e. The van der Waals surface area contributed by atoms with Crippen molar-refractivity contribution < 1.29 is 19.2 Å². The Kier molecular flexibility index (Phi) is 8.35. The third-order valence-electron chi connectivity index (χ3n) is 6.78. The number of primary amides is 1. The van der Waals surface area contributed by atoms with Crippen LogP contribution in [0.5, 0.6) is 0 Å². The number of carbonyl (C=O) groups excluding carboxylic acids is 4. The van der Waals surface area contributed by atoms with E-state index in [1.165, 1.54) is 4.90 Å². The molecule has 2 N–H and O–H groups in total. The first-order chi connectivity index (χ1) is 17.9. The minimum atomic E-state index is -0.877. The van der Waals surface area contributed by atoms with Gasteiger partial charge >= 0.3 is 0 Å². The van der Waals surface area contributed by atoms with Crippen molar-refractivity contribution in [2.75, 3.05) is 19.6 Å². The second-order valence-electron chi connectivity index (χ2n) is 9.37. The first-order valence-electron chi connectivity index (χ1n) is 12.5. The van der Waals surface area contributed by atoms with Gasteiger partial charge in [0.2, 0.25) is 23.6 Å². The Morgan fingerprint density at radius 3 is 2.24 bits per heavy atom. The van der Waals surface area contributed by atoms with Crippen LogP contribution in [0.3, 0.4) is 0 Å². The summed E-state index contributed by atoms with van der Waals surface area (Å²) in [4.78, 5) is 55.4. The van der Waals surface area contributed by atoms with Crippen LogP contribution in [0.4, 0.5) is 0 Å². The topological polar surface area (TPSA) is 107 Å². The largest absolute Gasteiger partial charge is 0.370 e. The summed E-state index contributed by atoms with van der Waals surface area (Å²) in [6, 6.07) is 18.4. The van der Waals surface area contributed by atoms with E-state index < -0.39 is 18.1 Å². The molecule has 2 fully saturated rings. The summed E-state index contributed by atoms with van der Waals surface area (Å²) in [6.45, 7) is 4.55. The molecule has 0 radical (unpaired) electrons. The van der Waals surface area contributed by atoms with Crippen LogP contribution in [0.25, 0.3) is 0 Å². The number of amides is 4. The fourth-order valence-electron chi connectivity index (χ4n) is 5.07. The zero-order valence-corrected chi connectivity index (χ0v) is 20.9. The van der Waals surface area contributed by atoms with Gasteiger partial charge in [-0.05, 0) is 24.0 Å². The highest BCUT2D eigenvalue weighted by Crippen LogP contribution is 2.30. The van der Waals surface area contributed by atoms with Crippen molar-refractivity contribution in [2.24, 2.45) is 5.73 Å². The zero-order chi connectivity index (χ0) is 26.4. The van der Waals surface area contributed by atoms with E-state index in [4.69, 9.17) is 5.73 Å². The molecule has 0 aromatic heterocycles. The molecule has 37 heavy (non-hydrogen) atoms. The molecule has 2 aromatic carbocycles. The number of hydrazine groups is 1. The fraction of sp³-hybridized carbons (Fsp3) is 0.357. The zero-order valence-electron chi connectivity index (χ0n) is 20.9. The highest BCUT2D eigenvalue weighted by molar-refractivity contribution is 5.92. The van der Waals surface area contributed by atoms with E-state index in [0.717, 1.165) is 11.1 Å². The molecule has 0 bridgehead atoms. The van der Waals surface area contributed by atoms with E-state index in [1.807, 2.05) is 60.7 Å². The first kappa shape index (κ1) is 26.1. The van der Waals surface area contributed by atoms with Crippen LogP contribution < -0.4 is 5.73 Å². The number of hydrogen-bond acceptors (Lipinski definition) is 5. The second-order valence-corrected chi connectivity index (χ2v) is 9.37. The highest BCUT2D eigenvalue weighted by Gasteiger charge is 2.50. The van der Waals surface area contributed by atoms with Gasteiger partial charge in [0.25, 0.3) is 0 Å². The third kappa shape index (κ3) is 6.06. The lowest BCUT2D eigenvalue weighted by atomic mass is 10.0. The summed E-state index contributed by atoms with van der Waals surface area (Å²) in [5.74, 6) is -1.20. The van der Waals surface area contributed by atoms with Crippen LogP contribution in [-0.2, 0) is 32.1 Å². The lowest BCUT2D eigenvalue weighted by Crippen LogP contribution is -2.75. The van der Waals surface area contributed by atoms with Crippen molar-refractivity contribution in [1.29, 1.82) is 0 Å². The van der Waals surface area contributed by atoms with Gasteiger partial charge in [-0.1, -0.05) is 66.7 Å². The number of carbonyl (C=O) groups is 4. The molecule has 0 spiro atoms. The number of aryl methyl sites for hydroxylation is 1. The van der Waals surface area contributed by atoms with Crippen molar-refractivity contribution in [3.8, 4) is 0 Å². The molecule has 4 amide bonds. The van der Waals surface area contributed by atoms with Crippen molar-refractivity contribution in [2.45, 2.75) is 44.4 Å². The van der Waals surface area contributed by atoms with Gasteiger partial charge in [0.1, 0.15) is 12.2 Å².